The van der Waals surface area contributed by atoms with Gasteiger partial charge >= 0.3 is 6.18 Å². The smallest absolute Gasteiger partial charge is 0.420 e. The fourth-order valence-electron chi connectivity index (χ4n) is 2.16. The second kappa shape index (κ2) is 7.04. The zero-order valence-corrected chi connectivity index (χ0v) is 13.4. The summed E-state index contributed by atoms with van der Waals surface area (Å²) in [4.78, 5) is 0.921. The van der Waals surface area contributed by atoms with Crippen LogP contribution in [0.1, 0.15) is 11.1 Å². The number of aromatic hydroxyl groups is 1. The van der Waals surface area contributed by atoms with E-state index in [2.05, 4.69) is 5.32 Å². The number of rotatable bonds is 5. The number of alkyl halides is 3. The molecule has 2 aromatic carbocycles. The van der Waals surface area contributed by atoms with Gasteiger partial charge in [0.05, 0.1) is 0 Å². The van der Waals surface area contributed by atoms with Crippen molar-refractivity contribution in [2.24, 2.45) is 0 Å². The Kier molecular flexibility index (Phi) is 5.30. The van der Waals surface area contributed by atoms with Crippen LogP contribution in [0, 0.1) is 0 Å². The Morgan fingerprint density at radius 1 is 1.22 bits per heavy atom. The van der Waals surface area contributed by atoms with E-state index in [9.17, 15) is 18.3 Å². The molecule has 3 nitrogen and oxygen atoms in total. The van der Waals surface area contributed by atoms with Gasteiger partial charge in [-0.25, -0.2) is 0 Å². The molecule has 0 heterocycles. The molecule has 0 radical (unpaired) electrons. The first kappa shape index (κ1) is 17.3. The number of hydrogen-bond acceptors (Lipinski definition) is 4. The third-order valence-electron chi connectivity index (χ3n) is 3.26. The lowest BCUT2D eigenvalue weighted by molar-refractivity contribution is -0.139. The fourth-order valence-corrected chi connectivity index (χ4v) is 2.79. The molecule has 23 heavy (non-hydrogen) atoms. The molecule has 0 aliphatic heterocycles. The summed E-state index contributed by atoms with van der Waals surface area (Å²) in [6.07, 6.45) is -2.71. The quantitative estimate of drug-likeness (QED) is 0.769. The van der Waals surface area contributed by atoms with E-state index in [1.54, 1.807) is 7.05 Å². The van der Waals surface area contributed by atoms with Crippen molar-refractivity contribution < 1.29 is 23.0 Å². The summed E-state index contributed by atoms with van der Waals surface area (Å²) in [6, 6.07) is 8.53. The summed E-state index contributed by atoms with van der Waals surface area (Å²) in [6.45, 7) is -0.0129. The van der Waals surface area contributed by atoms with Crippen LogP contribution >= 0.6 is 11.8 Å². The Bertz CT molecular complexity index is 667. The number of anilines is 1. The maximum absolute atomic E-state index is 13.0. The molecule has 0 amide bonds. The van der Waals surface area contributed by atoms with Crippen LogP contribution in [0.25, 0.3) is 0 Å². The van der Waals surface area contributed by atoms with E-state index in [0.29, 0.717) is 6.07 Å². The summed E-state index contributed by atoms with van der Waals surface area (Å²) in [5.41, 5.74) is 0.582. The van der Waals surface area contributed by atoms with Gasteiger partial charge in [0.15, 0.2) is 0 Å². The van der Waals surface area contributed by atoms with Crippen LogP contribution in [0.15, 0.2) is 41.3 Å². The van der Waals surface area contributed by atoms with Gasteiger partial charge in [0.1, 0.15) is 23.7 Å². The van der Waals surface area contributed by atoms with Gasteiger partial charge in [0, 0.05) is 23.2 Å². The van der Waals surface area contributed by atoms with Crippen molar-refractivity contribution >= 4 is 17.4 Å². The zero-order valence-electron chi connectivity index (χ0n) is 12.6. The molecule has 0 unspecified atom stereocenters. The van der Waals surface area contributed by atoms with Crippen molar-refractivity contribution in [3.05, 3.63) is 47.5 Å². The van der Waals surface area contributed by atoms with Crippen molar-refractivity contribution in [1.29, 1.82) is 0 Å². The Labute approximate surface area is 136 Å². The molecule has 0 fully saturated rings. The van der Waals surface area contributed by atoms with E-state index < -0.39 is 17.5 Å². The van der Waals surface area contributed by atoms with Crippen LogP contribution < -0.4 is 10.1 Å². The van der Waals surface area contributed by atoms with E-state index >= 15 is 0 Å². The molecule has 0 aliphatic rings. The number of nitrogens with one attached hydrogen (secondary N) is 1. The number of ether oxygens (including phenoxy) is 1. The molecule has 2 N–H and O–H groups in total. The Hall–Kier alpha value is -2.02. The van der Waals surface area contributed by atoms with E-state index in [1.165, 1.54) is 17.8 Å². The second-order valence-corrected chi connectivity index (χ2v) is 5.55. The molecule has 7 heteroatoms. The van der Waals surface area contributed by atoms with E-state index in [1.807, 2.05) is 24.5 Å². The molecule has 0 saturated carbocycles. The van der Waals surface area contributed by atoms with Gasteiger partial charge in [-0.3, -0.25) is 0 Å². The number of phenolic OH excluding ortho intramolecular Hbond substituents is 1. The standard InChI is InChI=1S/C16H16F3NO2S/c1-20-13-4-3-5-15(23-2)11(13)9-22-14-7-6-10(21)8-12(14)16(17,18)19/h3-8,20-21H,9H2,1-2H3. The predicted molar refractivity (Wildman–Crippen MR) is 85.2 cm³/mol. The summed E-state index contributed by atoms with van der Waals surface area (Å²) < 4.78 is 44.5. The third kappa shape index (κ3) is 4.04. The molecule has 0 saturated heterocycles. The van der Waals surface area contributed by atoms with Gasteiger partial charge in [-0.05, 0) is 36.6 Å². The van der Waals surface area contributed by atoms with Crippen molar-refractivity contribution in [2.75, 3.05) is 18.6 Å². The van der Waals surface area contributed by atoms with Crippen molar-refractivity contribution in [3.63, 3.8) is 0 Å². The molecular weight excluding hydrogens is 327 g/mol. The summed E-state index contributed by atoms with van der Waals surface area (Å²) >= 11 is 1.49. The van der Waals surface area contributed by atoms with E-state index in [-0.39, 0.29) is 12.4 Å². The van der Waals surface area contributed by atoms with Gasteiger partial charge in [0.25, 0.3) is 0 Å². The Balaban J connectivity index is 2.32. The fraction of sp³-hybridized carbons (Fsp3) is 0.250. The van der Waals surface area contributed by atoms with Gasteiger partial charge < -0.3 is 15.2 Å². The summed E-state index contributed by atoms with van der Waals surface area (Å²) in [5, 5.41) is 12.3. The predicted octanol–water partition coefficient (Wildman–Crippen LogP) is 4.75. The monoisotopic (exact) mass is 343 g/mol. The van der Waals surface area contributed by atoms with Gasteiger partial charge in [0.2, 0.25) is 0 Å². The second-order valence-electron chi connectivity index (χ2n) is 4.70. The average Bonchev–Trinajstić information content (AvgIpc) is 2.52. The van der Waals surface area contributed by atoms with Gasteiger partial charge in [-0.15, -0.1) is 11.8 Å². The maximum atomic E-state index is 13.0. The lowest BCUT2D eigenvalue weighted by Gasteiger charge is -2.17. The average molecular weight is 343 g/mol. The van der Waals surface area contributed by atoms with Crippen LogP contribution in [-0.2, 0) is 12.8 Å². The van der Waals surface area contributed by atoms with Crippen LogP contribution in [0.4, 0.5) is 18.9 Å². The first-order valence-corrected chi connectivity index (χ1v) is 7.96. The number of thioether (sulfide) groups is 1. The minimum atomic E-state index is -4.60. The molecule has 0 aromatic heterocycles. The minimum Gasteiger partial charge on any atom is -0.508 e. The van der Waals surface area contributed by atoms with Gasteiger partial charge in [-0.2, -0.15) is 13.2 Å². The largest absolute Gasteiger partial charge is 0.508 e. The highest BCUT2D eigenvalue weighted by Gasteiger charge is 2.35. The first-order valence-electron chi connectivity index (χ1n) is 6.73. The zero-order chi connectivity index (χ0) is 17.0. The highest BCUT2D eigenvalue weighted by molar-refractivity contribution is 7.98. The number of hydrogen-bond donors (Lipinski definition) is 2. The SMILES string of the molecule is CNc1cccc(SC)c1COc1ccc(O)cc1C(F)(F)F. The Morgan fingerprint density at radius 3 is 2.57 bits per heavy atom. The van der Waals surface area contributed by atoms with Crippen LogP contribution in [0.3, 0.4) is 0 Å². The normalized spacial score (nSPS) is 11.3. The molecule has 0 atom stereocenters. The molecule has 0 aliphatic carbocycles. The molecule has 2 aromatic rings. The number of benzene rings is 2. The number of halogens is 3. The minimum absolute atomic E-state index is 0.0129. The highest BCUT2D eigenvalue weighted by atomic mass is 32.2. The summed E-state index contributed by atoms with van der Waals surface area (Å²) in [5.74, 6) is -0.765. The van der Waals surface area contributed by atoms with E-state index in [4.69, 9.17) is 4.74 Å². The molecule has 0 bridgehead atoms. The third-order valence-corrected chi connectivity index (χ3v) is 4.09. The van der Waals surface area contributed by atoms with Crippen molar-refractivity contribution in [1.82, 2.24) is 0 Å². The molecule has 0 spiro atoms. The first-order chi connectivity index (χ1) is 10.9. The van der Waals surface area contributed by atoms with Crippen molar-refractivity contribution in [2.45, 2.75) is 17.7 Å². The Morgan fingerprint density at radius 2 is 1.96 bits per heavy atom. The lowest BCUT2D eigenvalue weighted by Crippen LogP contribution is -2.09. The maximum Gasteiger partial charge on any atom is 0.420 e. The molecule has 2 rings (SSSR count). The van der Waals surface area contributed by atoms with Crippen molar-refractivity contribution in [3.8, 4) is 11.5 Å². The number of phenols is 1. The molecule has 124 valence electrons. The lowest BCUT2D eigenvalue weighted by atomic mass is 10.1. The van der Waals surface area contributed by atoms with Crippen LogP contribution in [0.2, 0.25) is 0 Å². The van der Waals surface area contributed by atoms with Crippen LogP contribution in [0.5, 0.6) is 11.5 Å². The van der Waals surface area contributed by atoms with Crippen LogP contribution in [-0.4, -0.2) is 18.4 Å². The van der Waals surface area contributed by atoms with Gasteiger partial charge in [-0.1, -0.05) is 6.07 Å². The molecular formula is C16H16F3NO2S. The van der Waals surface area contributed by atoms with E-state index in [0.717, 1.165) is 22.2 Å². The topological polar surface area (TPSA) is 41.5 Å². The highest BCUT2D eigenvalue weighted by Crippen LogP contribution is 2.39. The summed E-state index contributed by atoms with van der Waals surface area (Å²) in [7, 11) is 1.74.